The molecule has 0 N–H and O–H groups in total. The van der Waals surface area contributed by atoms with Crippen LogP contribution >= 0.6 is 0 Å². The molecule has 4 heteroatoms. The monoisotopic (exact) mass is 1090 g/mol. The fourth-order valence-corrected chi connectivity index (χ4v) is 15.5. The van der Waals surface area contributed by atoms with Gasteiger partial charge in [-0.2, -0.15) is 0 Å². The van der Waals surface area contributed by atoms with Crippen molar-refractivity contribution in [2.75, 3.05) is 9.80 Å². The lowest BCUT2D eigenvalue weighted by atomic mass is 9.82. The zero-order valence-corrected chi connectivity index (χ0v) is 49.0. The van der Waals surface area contributed by atoms with Crippen molar-refractivity contribution in [3.05, 3.63) is 239 Å². The molecule has 2 fully saturated rings. The Morgan fingerprint density at radius 3 is 1.23 bits per heavy atom. The molecule has 0 bridgehead atoms. The third-order valence-corrected chi connectivity index (χ3v) is 19.4. The van der Waals surface area contributed by atoms with Crippen molar-refractivity contribution in [3.8, 4) is 22.3 Å². The zero-order chi connectivity index (χ0) is 56.5. The molecule has 2 aliphatic carbocycles. The number of nitrogens with zero attached hydrogens (tertiary/aromatic N) is 2. The number of anilines is 6. The van der Waals surface area contributed by atoms with E-state index < -0.39 is 0 Å². The third-order valence-electron chi connectivity index (χ3n) is 19.4. The smallest absolute Gasteiger partial charge is 0.159 e. The second-order valence-corrected chi connectivity index (χ2v) is 24.8. The van der Waals surface area contributed by atoms with Crippen LogP contribution in [0.5, 0.6) is 0 Å². The molecule has 4 nitrogen and oxygen atoms in total. The Kier molecular flexibility index (Phi) is 11.9. The molecule has 2 heterocycles. The number of para-hydroxylation sites is 4. The summed E-state index contributed by atoms with van der Waals surface area (Å²) in [5.41, 5.74) is 25.2. The molecular formula is C80H68N2O2. The SMILES string of the molecule is Cc1cc(C)cc(N(c2cc(C3CCCC3)c3ccc4c(N(c5cc(C)ccc5C)c5cccc6c5oc5c(-c7ccccc7C)cccc56)cc(C5CCCC5)c5ccc2c3c54)c2cccc3c2oc2c(-c4ccccc4C)cccc23)c1. The Balaban J connectivity index is 1.02. The highest BCUT2D eigenvalue weighted by Gasteiger charge is 2.32. The lowest BCUT2D eigenvalue weighted by Gasteiger charge is -2.32. The summed E-state index contributed by atoms with van der Waals surface area (Å²) in [6.07, 6.45) is 9.69. The number of benzene rings is 12. The minimum Gasteiger partial charge on any atom is -0.453 e. The zero-order valence-electron chi connectivity index (χ0n) is 49.0. The third kappa shape index (κ3) is 7.93. The predicted molar refractivity (Wildman–Crippen MR) is 356 cm³/mol. The molecule has 0 amide bonds. The fourth-order valence-electron chi connectivity index (χ4n) is 15.5. The number of fused-ring (bicyclic) bond motifs is 6. The first-order chi connectivity index (χ1) is 41.1. The van der Waals surface area contributed by atoms with E-state index >= 15 is 0 Å². The van der Waals surface area contributed by atoms with Crippen LogP contribution in [0.4, 0.5) is 34.1 Å². The molecule has 16 rings (SSSR count). The summed E-state index contributed by atoms with van der Waals surface area (Å²) < 4.78 is 14.8. The van der Waals surface area contributed by atoms with Crippen molar-refractivity contribution in [2.45, 2.75) is 105 Å². The number of hydrogen-bond donors (Lipinski definition) is 0. The minimum absolute atomic E-state index is 0.434. The Bertz CT molecular complexity index is 4940. The molecule has 84 heavy (non-hydrogen) atoms. The Hall–Kier alpha value is -9.12. The van der Waals surface area contributed by atoms with Gasteiger partial charge >= 0.3 is 0 Å². The van der Waals surface area contributed by atoms with Crippen molar-refractivity contribution in [1.82, 2.24) is 0 Å². The second kappa shape index (κ2) is 19.8. The Labute approximate surface area is 491 Å². The molecule has 14 aromatic rings. The van der Waals surface area contributed by atoms with Gasteiger partial charge < -0.3 is 18.6 Å². The molecule has 12 aromatic carbocycles. The molecule has 0 aliphatic heterocycles. The lowest BCUT2D eigenvalue weighted by Crippen LogP contribution is -2.14. The molecule has 0 spiro atoms. The summed E-state index contributed by atoms with van der Waals surface area (Å²) in [5, 5.41) is 12.4. The van der Waals surface area contributed by atoms with Crippen LogP contribution in [0.2, 0.25) is 0 Å². The van der Waals surface area contributed by atoms with Crippen LogP contribution in [-0.4, -0.2) is 0 Å². The van der Waals surface area contributed by atoms with Gasteiger partial charge in [0.2, 0.25) is 0 Å². The van der Waals surface area contributed by atoms with Crippen LogP contribution in [0.1, 0.15) is 108 Å². The van der Waals surface area contributed by atoms with Gasteiger partial charge in [0.1, 0.15) is 11.2 Å². The van der Waals surface area contributed by atoms with Crippen LogP contribution in [0, 0.1) is 41.5 Å². The first-order valence-electron chi connectivity index (χ1n) is 30.7. The van der Waals surface area contributed by atoms with E-state index in [4.69, 9.17) is 8.83 Å². The first-order valence-corrected chi connectivity index (χ1v) is 30.7. The summed E-state index contributed by atoms with van der Waals surface area (Å²) in [6, 6.07) is 73.4. The molecule has 0 atom stereocenters. The van der Waals surface area contributed by atoms with E-state index in [0.717, 1.165) is 77.8 Å². The first kappa shape index (κ1) is 50.6. The topological polar surface area (TPSA) is 32.8 Å². The van der Waals surface area contributed by atoms with Crippen LogP contribution in [0.3, 0.4) is 0 Å². The van der Waals surface area contributed by atoms with E-state index in [2.05, 4.69) is 245 Å². The average molecular weight is 1090 g/mol. The van der Waals surface area contributed by atoms with Gasteiger partial charge in [0.25, 0.3) is 0 Å². The molecule has 2 saturated carbocycles. The number of rotatable bonds is 10. The van der Waals surface area contributed by atoms with Crippen molar-refractivity contribution < 1.29 is 8.83 Å². The molecule has 2 aromatic heterocycles. The van der Waals surface area contributed by atoms with E-state index in [1.807, 2.05) is 0 Å². The maximum Gasteiger partial charge on any atom is 0.159 e. The Morgan fingerprint density at radius 2 is 0.726 bits per heavy atom. The number of hydrogen-bond acceptors (Lipinski definition) is 4. The number of furan rings is 2. The van der Waals surface area contributed by atoms with Crippen molar-refractivity contribution >= 4 is 110 Å². The van der Waals surface area contributed by atoms with Crippen molar-refractivity contribution in [2.24, 2.45) is 0 Å². The van der Waals surface area contributed by atoms with Gasteiger partial charge in [-0.15, -0.1) is 0 Å². The lowest BCUT2D eigenvalue weighted by molar-refractivity contribution is 0.669. The van der Waals surface area contributed by atoms with E-state index in [1.54, 1.807) is 0 Å². The van der Waals surface area contributed by atoms with E-state index in [0.29, 0.717) is 11.8 Å². The van der Waals surface area contributed by atoms with Gasteiger partial charge in [0, 0.05) is 54.8 Å². The van der Waals surface area contributed by atoms with E-state index in [9.17, 15) is 0 Å². The molecule has 0 radical (unpaired) electrons. The quantitative estimate of drug-likeness (QED) is 0.128. The van der Waals surface area contributed by atoms with Gasteiger partial charge in [-0.3, -0.25) is 0 Å². The molecule has 0 unspecified atom stereocenters. The standard InChI is InChI=1S/C80H68N2O2/c1-47-35-36-52(6)72(44-47)82(71-34-18-32-65-63-30-16-28-61(78(63)84-80(65)71)57-26-14-8-20-51(57)5)74-46-69(54-23-11-12-24-54)59-37-39-66-73(45-68(53-21-9-10-22-53)58-38-40-67(74)76(59)75(58)66)81(55-42-48(2)41-49(3)43-55)70-33-17-31-64-62-29-15-27-60(77(62)83-79(64)70)56-25-13-7-19-50(56)4/h7-8,13-20,25-46,53-54H,9-12,21-24H2,1-6H3. The molecule has 0 saturated heterocycles. The van der Waals surface area contributed by atoms with Crippen LogP contribution < -0.4 is 9.80 Å². The van der Waals surface area contributed by atoms with Crippen molar-refractivity contribution in [1.29, 1.82) is 0 Å². The predicted octanol–water partition coefficient (Wildman–Crippen LogP) is 23.8. The minimum atomic E-state index is 0.434. The van der Waals surface area contributed by atoms with Gasteiger partial charge in [0.15, 0.2) is 11.2 Å². The maximum atomic E-state index is 7.42. The molecule has 2 aliphatic rings. The number of aryl methyl sites for hydroxylation is 6. The summed E-state index contributed by atoms with van der Waals surface area (Å²) in [6.45, 7) is 13.4. The molecular weight excluding hydrogens is 1020 g/mol. The summed E-state index contributed by atoms with van der Waals surface area (Å²) in [7, 11) is 0. The summed E-state index contributed by atoms with van der Waals surface area (Å²) in [4.78, 5) is 5.15. The van der Waals surface area contributed by atoms with Gasteiger partial charge in [-0.1, -0.05) is 177 Å². The average Bonchev–Trinajstić information content (AvgIpc) is 1.00. The highest BCUT2D eigenvalue weighted by molar-refractivity contribution is 6.30. The summed E-state index contributed by atoms with van der Waals surface area (Å²) in [5.74, 6) is 0.867. The largest absolute Gasteiger partial charge is 0.453 e. The Morgan fingerprint density at radius 1 is 0.298 bits per heavy atom. The fraction of sp³-hybridized carbons (Fsp3) is 0.200. The highest BCUT2D eigenvalue weighted by Crippen LogP contribution is 2.56. The van der Waals surface area contributed by atoms with E-state index in [1.165, 1.54) is 151 Å². The van der Waals surface area contributed by atoms with E-state index in [-0.39, 0.29) is 0 Å². The normalized spacial score (nSPS) is 14.3. The maximum absolute atomic E-state index is 7.42. The van der Waals surface area contributed by atoms with Crippen LogP contribution in [-0.2, 0) is 0 Å². The van der Waals surface area contributed by atoms with Gasteiger partial charge in [-0.25, -0.2) is 0 Å². The molecule has 410 valence electrons. The van der Waals surface area contributed by atoms with Crippen LogP contribution in [0.25, 0.3) is 98.4 Å². The second-order valence-electron chi connectivity index (χ2n) is 24.8. The van der Waals surface area contributed by atoms with Crippen LogP contribution in [0.15, 0.2) is 203 Å². The highest BCUT2D eigenvalue weighted by atomic mass is 16.3. The van der Waals surface area contributed by atoms with Gasteiger partial charge in [-0.05, 0) is 199 Å². The van der Waals surface area contributed by atoms with Gasteiger partial charge in [0.05, 0.1) is 22.7 Å². The van der Waals surface area contributed by atoms with Crippen molar-refractivity contribution in [3.63, 3.8) is 0 Å². The summed E-state index contributed by atoms with van der Waals surface area (Å²) >= 11 is 0.